The van der Waals surface area contributed by atoms with Crippen molar-refractivity contribution in [1.82, 2.24) is 4.90 Å². The maximum Gasteiger partial charge on any atom is 0.321 e. The first-order valence-electron chi connectivity index (χ1n) is 4.65. The second-order valence-corrected chi connectivity index (χ2v) is 3.27. The minimum absolute atomic E-state index is 0.329. The molecule has 0 atom stereocenters. The highest BCUT2D eigenvalue weighted by Gasteiger charge is 2.13. The van der Waals surface area contributed by atoms with Crippen molar-refractivity contribution in [2.75, 3.05) is 7.05 Å². The highest BCUT2D eigenvalue weighted by Crippen LogP contribution is 2.05. The van der Waals surface area contributed by atoms with Gasteiger partial charge < -0.3 is 5.73 Å². The fourth-order valence-electron chi connectivity index (χ4n) is 1.07. The summed E-state index contributed by atoms with van der Waals surface area (Å²) in [6.07, 6.45) is 1.65. The Morgan fingerprint density at radius 2 is 1.94 bits per heavy atom. The van der Waals surface area contributed by atoms with E-state index in [0.29, 0.717) is 6.42 Å². The molecular weight excluding hydrogens is 211 g/mol. The number of hydrogen-bond acceptors (Lipinski definition) is 2. The summed E-state index contributed by atoms with van der Waals surface area (Å²) in [5.41, 5.74) is 5.71. The summed E-state index contributed by atoms with van der Waals surface area (Å²) in [6, 6.07) is 4.96. The van der Waals surface area contributed by atoms with Gasteiger partial charge in [0.05, 0.1) is 6.42 Å². The Morgan fingerprint density at radius 1 is 1.38 bits per heavy atom. The standard InChI is InChI=1S/C11H12FN2O2/c1-14(11(13)16)10(15)7-4-8-2-5-9(12)6-3-8/h2-3,5-7H,4H2,1H3,(H2,13,16). The van der Waals surface area contributed by atoms with E-state index in [2.05, 4.69) is 0 Å². The van der Waals surface area contributed by atoms with Crippen LogP contribution in [0, 0.1) is 12.2 Å². The molecule has 0 unspecified atom stereocenters. The van der Waals surface area contributed by atoms with E-state index < -0.39 is 11.9 Å². The topological polar surface area (TPSA) is 63.4 Å². The number of amides is 3. The number of benzene rings is 1. The molecule has 1 rings (SSSR count). The van der Waals surface area contributed by atoms with E-state index in [1.54, 1.807) is 12.1 Å². The van der Waals surface area contributed by atoms with Gasteiger partial charge in [-0.2, -0.15) is 0 Å². The number of rotatable bonds is 3. The molecule has 3 amide bonds. The van der Waals surface area contributed by atoms with Gasteiger partial charge in [-0.05, 0) is 24.1 Å². The van der Waals surface area contributed by atoms with Gasteiger partial charge in [0.25, 0.3) is 0 Å². The third kappa shape index (κ3) is 3.34. The molecule has 0 aromatic heterocycles. The van der Waals surface area contributed by atoms with Crippen LogP contribution in [0.2, 0.25) is 0 Å². The van der Waals surface area contributed by atoms with E-state index in [-0.39, 0.29) is 5.82 Å². The molecule has 0 saturated carbocycles. The van der Waals surface area contributed by atoms with Gasteiger partial charge in [-0.1, -0.05) is 12.1 Å². The second kappa shape index (κ2) is 5.25. The van der Waals surface area contributed by atoms with Crippen molar-refractivity contribution in [2.24, 2.45) is 5.73 Å². The Bertz CT molecular complexity index is 389. The molecule has 0 heterocycles. The number of halogens is 1. The summed E-state index contributed by atoms with van der Waals surface area (Å²) in [6.45, 7) is 0. The number of primary amides is 1. The summed E-state index contributed by atoms with van der Waals surface area (Å²) in [4.78, 5) is 22.8. The van der Waals surface area contributed by atoms with E-state index in [4.69, 9.17) is 5.73 Å². The molecule has 1 radical (unpaired) electrons. The fourth-order valence-corrected chi connectivity index (χ4v) is 1.07. The van der Waals surface area contributed by atoms with E-state index in [0.717, 1.165) is 10.5 Å². The van der Waals surface area contributed by atoms with Crippen LogP contribution >= 0.6 is 0 Å². The third-order valence-electron chi connectivity index (χ3n) is 2.09. The summed E-state index contributed by atoms with van der Waals surface area (Å²) < 4.78 is 12.6. The van der Waals surface area contributed by atoms with Gasteiger partial charge in [0.2, 0.25) is 5.91 Å². The number of nitrogens with zero attached hydrogens (tertiary/aromatic N) is 1. The summed E-state index contributed by atoms with van der Waals surface area (Å²) in [7, 11) is 1.30. The van der Waals surface area contributed by atoms with E-state index in [1.807, 2.05) is 0 Å². The lowest BCUT2D eigenvalue weighted by Gasteiger charge is -2.11. The zero-order valence-corrected chi connectivity index (χ0v) is 8.81. The van der Waals surface area contributed by atoms with Gasteiger partial charge >= 0.3 is 6.03 Å². The maximum absolute atomic E-state index is 12.6. The molecule has 0 aliphatic carbocycles. The molecule has 0 aliphatic rings. The minimum Gasteiger partial charge on any atom is -0.351 e. The molecule has 0 saturated heterocycles. The van der Waals surface area contributed by atoms with E-state index >= 15 is 0 Å². The predicted octanol–water partition coefficient (Wildman–Crippen LogP) is 1.11. The van der Waals surface area contributed by atoms with Crippen LogP contribution in [0.3, 0.4) is 0 Å². The van der Waals surface area contributed by atoms with Gasteiger partial charge in [-0.25, -0.2) is 9.18 Å². The summed E-state index contributed by atoms with van der Waals surface area (Å²) in [5.74, 6) is -0.804. The van der Waals surface area contributed by atoms with Crippen LogP contribution < -0.4 is 5.73 Å². The molecular formula is C11H12FN2O2. The third-order valence-corrected chi connectivity index (χ3v) is 2.09. The second-order valence-electron chi connectivity index (χ2n) is 3.27. The van der Waals surface area contributed by atoms with Gasteiger partial charge in [0.1, 0.15) is 5.82 Å². The van der Waals surface area contributed by atoms with Crippen LogP contribution in [0.4, 0.5) is 9.18 Å². The largest absolute Gasteiger partial charge is 0.351 e. The average Bonchev–Trinajstić information content (AvgIpc) is 2.26. The molecule has 0 spiro atoms. The van der Waals surface area contributed by atoms with E-state index in [1.165, 1.54) is 25.6 Å². The van der Waals surface area contributed by atoms with Crippen molar-refractivity contribution in [3.8, 4) is 0 Å². The van der Waals surface area contributed by atoms with Gasteiger partial charge in [0.15, 0.2) is 0 Å². The fraction of sp³-hybridized carbons (Fsp3) is 0.182. The first kappa shape index (κ1) is 12.2. The molecule has 0 aliphatic heterocycles. The SMILES string of the molecule is CN(C(N)=O)C(=O)[CH]Cc1ccc(F)cc1. The van der Waals surface area contributed by atoms with Crippen molar-refractivity contribution >= 4 is 11.9 Å². The van der Waals surface area contributed by atoms with Gasteiger partial charge in [-0.15, -0.1) is 0 Å². The van der Waals surface area contributed by atoms with Crippen molar-refractivity contribution in [1.29, 1.82) is 0 Å². The molecule has 2 N–H and O–H groups in total. The zero-order valence-electron chi connectivity index (χ0n) is 8.81. The smallest absolute Gasteiger partial charge is 0.321 e. The predicted molar refractivity (Wildman–Crippen MR) is 56.8 cm³/mol. The van der Waals surface area contributed by atoms with Crippen molar-refractivity contribution in [2.45, 2.75) is 6.42 Å². The normalized spacial score (nSPS) is 9.88. The number of nitrogens with two attached hydrogens (primary N) is 1. The zero-order chi connectivity index (χ0) is 12.1. The summed E-state index contributed by atoms with van der Waals surface area (Å²) in [5, 5.41) is 0. The molecule has 16 heavy (non-hydrogen) atoms. The lowest BCUT2D eigenvalue weighted by molar-refractivity contribution is -0.123. The number of urea groups is 1. The monoisotopic (exact) mass is 223 g/mol. The van der Waals surface area contributed by atoms with Crippen LogP contribution in [-0.2, 0) is 11.2 Å². The van der Waals surface area contributed by atoms with Crippen LogP contribution in [0.1, 0.15) is 5.56 Å². The molecule has 4 nitrogen and oxygen atoms in total. The van der Waals surface area contributed by atoms with Crippen LogP contribution in [0.15, 0.2) is 24.3 Å². The Morgan fingerprint density at radius 3 is 2.44 bits per heavy atom. The number of carbonyl (C=O) groups is 2. The first-order valence-corrected chi connectivity index (χ1v) is 4.65. The van der Waals surface area contributed by atoms with Crippen molar-refractivity contribution in [3.63, 3.8) is 0 Å². The van der Waals surface area contributed by atoms with Crippen LogP contribution in [-0.4, -0.2) is 23.9 Å². The highest BCUT2D eigenvalue weighted by atomic mass is 19.1. The molecule has 85 valence electrons. The van der Waals surface area contributed by atoms with E-state index in [9.17, 15) is 14.0 Å². The molecule has 1 aromatic carbocycles. The quantitative estimate of drug-likeness (QED) is 0.834. The Balaban J connectivity index is 2.49. The molecule has 0 fully saturated rings. The lowest BCUT2D eigenvalue weighted by Crippen LogP contribution is -2.37. The average molecular weight is 223 g/mol. The summed E-state index contributed by atoms with van der Waals surface area (Å²) >= 11 is 0. The van der Waals surface area contributed by atoms with Crippen LogP contribution in [0.5, 0.6) is 0 Å². The number of imide groups is 1. The van der Waals surface area contributed by atoms with Crippen molar-refractivity contribution in [3.05, 3.63) is 42.1 Å². The Labute approximate surface area is 92.8 Å². The number of carbonyl (C=O) groups excluding carboxylic acids is 2. The number of hydrogen-bond donors (Lipinski definition) is 1. The molecule has 0 bridgehead atoms. The van der Waals surface area contributed by atoms with Gasteiger partial charge in [0, 0.05) is 7.05 Å². The minimum atomic E-state index is -0.805. The Hall–Kier alpha value is -1.91. The van der Waals surface area contributed by atoms with Gasteiger partial charge in [-0.3, -0.25) is 9.69 Å². The first-order chi connectivity index (χ1) is 7.50. The molecule has 1 aromatic rings. The van der Waals surface area contributed by atoms with Crippen molar-refractivity contribution < 1.29 is 14.0 Å². The van der Waals surface area contributed by atoms with Crippen LogP contribution in [0.25, 0.3) is 0 Å². The highest BCUT2D eigenvalue weighted by molar-refractivity contribution is 5.97. The lowest BCUT2D eigenvalue weighted by atomic mass is 10.1. The molecule has 5 heteroatoms. The Kier molecular flexibility index (Phi) is 3.99. The maximum atomic E-state index is 12.6.